The molecule has 3 aromatic carbocycles. The highest BCUT2D eigenvalue weighted by molar-refractivity contribution is 5.84. The third kappa shape index (κ3) is 7.49. The second kappa shape index (κ2) is 13.1. The van der Waals surface area contributed by atoms with E-state index in [0.29, 0.717) is 23.8 Å². The number of alkyl halides is 2. The summed E-state index contributed by atoms with van der Waals surface area (Å²) in [5.74, 6) is 1.64. The predicted octanol–water partition coefficient (Wildman–Crippen LogP) is 8.53. The summed E-state index contributed by atoms with van der Waals surface area (Å²) in [5.41, 5.74) is 2.91. The van der Waals surface area contributed by atoms with Crippen molar-refractivity contribution in [3.63, 3.8) is 0 Å². The van der Waals surface area contributed by atoms with Crippen molar-refractivity contribution in [2.75, 3.05) is 13.7 Å². The van der Waals surface area contributed by atoms with Gasteiger partial charge in [-0.05, 0) is 84.6 Å². The van der Waals surface area contributed by atoms with Crippen LogP contribution in [-0.4, -0.2) is 20.3 Å². The number of methoxy groups -OCH3 is 1. The molecule has 0 bridgehead atoms. The van der Waals surface area contributed by atoms with Gasteiger partial charge in [0.1, 0.15) is 11.6 Å². The Morgan fingerprint density at radius 3 is 2.19 bits per heavy atom. The number of hydrogen-bond acceptors (Lipinski definition) is 2. The van der Waals surface area contributed by atoms with Crippen molar-refractivity contribution in [3.8, 4) is 5.75 Å². The predicted molar refractivity (Wildman–Crippen MR) is 139 cm³/mol. The van der Waals surface area contributed by atoms with Gasteiger partial charge in [-0.15, -0.1) is 0 Å². The Hall–Kier alpha value is -2.53. The molecule has 0 heterocycles. The van der Waals surface area contributed by atoms with Crippen molar-refractivity contribution in [1.29, 1.82) is 0 Å². The van der Waals surface area contributed by atoms with Gasteiger partial charge in [0.2, 0.25) is 0 Å². The van der Waals surface area contributed by atoms with E-state index in [1.807, 2.05) is 18.2 Å². The number of fused-ring (bicyclic) bond motifs is 1. The second-order valence-corrected chi connectivity index (χ2v) is 10.2. The van der Waals surface area contributed by atoms with E-state index in [1.54, 1.807) is 19.2 Å². The van der Waals surface area contributed by atoms with E-state index < -0.39 is 6.61 Å². The van der Waals surface area contributed by atoms with Crippen LogP contribution in [0.4, 0.5) is 13.2 Å². The molecule has 0 unspecified atom stereocenters. The largest absolute Gasteiger partial charge is 0.435 e. The maximum Gasteiger partial charge on any atom is 0.387 e. The summed E-state index contributed by atoms with van der Waals surface area (Å²) >= 11 is 0. The zero-order valence-corrected chi connectivity index (χ0v) is 21.2. The minimum Gasteiger partial charge on any atom is -0.435 e. The highest BCUT2D eigenvalue weighted by atomic mass is 19.3. The molecule has 1 fully saturated rings. The van der Waals surface area contributed by atoms with Crippen LogP contribution in [-0.2, 0) is 24.0 Å². The van der Waals surface area contributed by atoms with Crippen molar-refractivity contribution >= 4 is 10.8 Å². The molecule has 1 aliphatic carbocycles. The fourth-order valence-electron chi connectivity index (χ4n) is 5.55. The molecule has 194 valence electrons. The van der Waals surface area contributed by atoms with Gasteiger partial charge in [-0.25, -0.2) is 4.39 Å². The zero-order chi connectivity index (χ0) is 25.3. The molecular formula is C31H37F3O2. The number of benzene rings is 3. The number of hydrogen-bond donors (Lipinski definition) is 0. The summed E-state index contributed by atoms with van der Waals surface area (Å²) in [4.78, 5) is 0. The molecule has 0 amide bonds. The van der Waals surface area contributed by atoms with Crippen LogP contribution in [0.25, 0.3) is 10.8 Å². The molecule has 5 heteroatoms. The lowest BCUT2D eigenvalue weighted by molar-refractivity contribution is -0.0498. The number of aryl methyl sites for hydroxylation is 3. The van der Waals surface area contributed by atoms with Gasteiger partial charge in [0.05, 0.1) is 0 Å². The van der Waals surface area contributed by atoms with E-state index in [9.17, 15) is 8.78 Å². The Balaban J connectivity index is 1.29. The van der Waals surface area contributed by atoms with Crippen molar-refractivity contribution in [2.45, 2.75) is 70.8 Å². The van der Waals surface area contributed by atoms with E-state index in [0.717, 1.165) is 35.8 Å². The first-order valence-corrected chi connectivity index (χ1v) is 13.2. The summed E-state index contributed by atoms with van der Waals surface area (Å²) in [7, 11) is 1.78. The lowest BCUT2D eigenvalue weighted by atomic mass is 9.78. The third-order valence-electron chi connectivity index (χ3n) is 7.70. The van der Waals surface area contributed by atoms with Crippen LogP contribution in [0.2, 0.25) is 0 Å². The molecule has 0 spiro atoms. The average Bonchev–Trinajstić information content (AvgIpc) is 2.88. The molecular weight excluding hydrogens is 461 g/mol. The Labute approximate surface area is 212 Å². The molecule has 36 heavy (non-hydrogen) atoms. The summed E-state index contributed by atoms with van der Waals surface area (Å²) in [6.07, 6.45) is 11.2. The van der Waals surface area contributed by atoms with Gasteiger partial charge < -0.3 is 9.47 Å². The highest BCUT2D eigenvalue weighted by Crippen LogP contribution is 2.34. The van der Waals surface area contributed by atoms with Gasteiger partial charge in [0.15, 0.2) is 0 Å². The van der Waals surface area contributed by atoms with Gasteiger partial charge in [-0.2, -0.15) is 8.78 Å². The first-order valence-electron chi connectivity index (χ1n) is 13.2. The fraction of sp³-hybridized carbons (Fsp3) is 0.484. The quantitative estimate of drug-likeness (QED) is 0.233. The maximum atomic E-state index is 15.2. The summed E-state index contributed by atoms with van der Waals surface area (Å²) in [5, 5.41) is 1.61. The maximum absolute atomic E-state index is 15.2. The molecule has 2 nitrogen and oxygen atoms in total. The molecule has 1 saturated carbocycles. The molecule has 1 aliphatic rings. The van der Waals surface area contributed by atoms with E-state index in [2.05, 4.69) is 16.9 Å². The lowest BCUT2D eigenvalue weighted by Gasteiger charge is -2.28. The van der Waals surface area contributed by atoms with Crippen LogP contribution in [0.15, 0.2) is 54.6 Å². The van der Waals surface area contributed by atoms with Crippen molar-refractivity contribution in [3.05, 3.63) is 77.1 Å². The number of rotatable bonds is 12. The van der Waals surface area contributed by atoms with E-state index in [-0.39, 0.29) is 11.6 Å². The number of halogens is 3. The van der Waals surface area contributed by atoms with Gasteiger partial charge in [-0.1, -0.05) is 68.1 Å². The summed E-state index contributed by atoms with van der Waals surface area (Å²) in [6.45, 7) is -1.96. The van der Waals surface area contributed by atoms with E-state index in [1.165, 1.54) is 62.6 Å². The van der Waals surface area contributed by atoms with Crippen LogP contribution in [0.1, 0.15) is 61.6 Å². The third-order valence-corrected chi connectivity index (χ3v) is 7.70. The van der Waals surface area contributed by atoms with E-state index >= 15 is 4.39 Å². The molecule has 0 aliphatic heterocycles. The van der Waals surface area contributed by atoms with Gasteiger partial charge in [-0.3, -0.25) is 0 Å². The number of ether oxygens (including phenoxy) is 2. The van der Waals surface area contributed by atoms with Crippen molar-refractivity contribution < 1.29 is 22.6 Å². The minimum absolute atomic E-state index is 0.132. The van der Waals surface area contributed by atoms with Crippen LogP contribution in [0, 0.1) is 17.7 Å². The molecule has 3 aromatic rings. The lowest BCUT2D eigenvalue weighted by Crippen LogP contribution is -2.15. The standard InChI is InChI=1S/C31H37F3O2/c1-35-20-2-3-22-4-6-23(7-5-22)8-9-25-13-19-29-27(21-25)16-15-26(30(29)32)14-10-24-11-17-28(18-12-24)36-31(33)34/h11-13,15-19,21-23,31H,2-10,14,20H2,1H3. The smallest absolute Gasteiger partial charge is 0.387 e. The molecule has 0 saturated heterocycles. The Morgan fingerprint density at radius 1 is 0.806 bits per heavy atom. The average molecular weight is 499 g/mol. The monoisotopic (exact) mass is 498 g/mol. The van der Waals surface area contributed by atoms with Gasteiger partial charge in [0.25, 0.3) is 0 Å². The fourth-order valence-corrected chi connectivity index (χ4v) is 5.55. The SMILES string of the molecule is COCCCC1CCC(CCc2ccc3c(F)c(CCc4ccc(OC(F)F)cc4)ccc3c2)CC1. The highest BCUT2D eigenvalue weighted by Gasteiger charge is 2.20. The molecule has 0 N–H and O–H groups in total. The van der Waals surface area contributed by atoms with Crippen LogP contribution >= 0.6 is 0 Å². The Bertz CT molecular complexity index is 1090. The van der Waals surface area contributed by atoms with Crippen LogP contribution in [0.3, 0.4) is 0 Å². The second-order valence-electron chi connectivity index (χ2n) is 10.2. The van der Waals surface area contributed by atoms with Gasteiger partial charge in [0, 0.05) is 19.1 Å². The summed E-state index contributed by atoms with van der Waals surface area (Å²) < 4.78 is 49.4. The normalized spacial score (nSPS) is 18.1. The molecule has 0 radical (unpaired) electrons. The topological polar surface area (TPSA) is 18.5 Å². The van der Waals surface area contributed by atoms with Crippen LogP contribution in [0.5, 0.6) is 5.75 Å². The minimum atomic E-state index is -2.83. The van der Waals surface area contributed by atoms with Crippen molar-refractivity contribution in [2.24, 2.45) is 11.8 Å². The Kier molecular flexibility index (Phi) is 9.68. The van der Waals surface area contributed by atoms with Crippen LogP contribution < -0.4 is 4.74 Å². The van der Waals surface area contributed by atoms with E-state index in [4.69, 9.17) is 4.74 Å². The van der Waals surface area contributed by atoms with Crippen molar-refractivity contribution in [1.82, 2.24) is 0 Å². The first-order chi connectivity index (χ1) is 17.5. The molecule has 0 aromatic heterocycles. The van der Waals surface area contributed by atoms with Gasteiger partial charge >= 0.3 is 6.61 Å². The molecule has 4 rings (SSSR count). The Morgan fingerprint density at radius 2 is 1.50 bits per heavy atom. The zero-order valence-electron chi connectivity index (χ0n) is 21.2. The molecule has 0 atom stereocenters. The summed E-state index contributed by atoms with van der Waals surface area (Å²) in [6, 6.07) is 16.6. The first kappa shape index (κ1) is 26.5.